The third-order valence-electron chi connectivity index (χ3n) is 3.28. The van der Waals surface area contributed by atoms with E-state index in [4.69, 9.17) is 9.47 Å². The molecule has 2 aromatic carbocycles. The third-order valence-corrected chi connectivity index (χ3v) is 4.85. The second-order valence-electron chi connectivity index (χ2n) is 5.00. The number of rotatable bonds is 5. The van der Waals surface area contributed by atoms with Crippen molar-refractivity contribution >= 4 is 21.5 Å². The van der Waals surface area contributed by atoms with Crippen LogP contribution in [0.25, 0.3) is 0 Å². The van der Waals surface area contributed by atoms with E-state index in [1.165, 1.54) is 0 Å². The number of hydrogen-bond donors (Lipinski definition) is 0. The van der Waals surface area contributed by atoms with Gasteiger partial charge in [-0.3, -0.25) is 0 Å². The Bertz CT molecular complexity index is 587. The Morgan fingerprint density at radius 1 is 0.818 bits per heavy atom. The van der Waals surface area contributed by atoms with Crippen LogP contribution in [-0.2, 0) is 9.47 Å². The average molecular weight is 314 g/mol. The van der Waals surface area contributed by atoms with Gasteiger partial charge in [-0.05, 0) is 24.3 Å². The summed E-state index contributed by atoms with van der Waals surface area (Å²) in [4.78, 5) is 24.3. The second-order valence-corrected chi connectivity index (χ2v) is 6.99. The van der Waals surface area contributed by atoms with Crippen molar-refractivity contribution in [3.8, 4) is 0 Å². The van der Waals surface area contributed by atoms with Crippen LogP contribution in [0.3, 0.4) is 0 Å². The Kier molecular flexibility index (Phi) is 5.11. The molecule has 0 atom stereocenters. The number of esters is 2. The van der Waals surface area contributed by atoms with Crippen molar-refractivity contribution in [3.05, 3.63) is 71.8 Å². The standard InChI is InChI=1S/C17H18O4Si/c1-17(22-2,20-15(18)13-9-5-3-6-10-13)21-16(19)14-11-7-4-8-12-14/h3-12H,22H2,1-2H3. The Morgan fingerprint density at radius 2 is 1.18 bits per heavy atom. The molecule has 0 aliphatic carbocycles. The van der Waals surface area contributed by atoms with E-state index in [-0.39, 0.29) is 0 Å². The van der Waals surface area contributed by atoms with Crippen LogP contribution >= 0.6 is 0 Å². The van der Waals surface area contributed by atoms with Crippen molar-refractivity contribution in [2.45, 2.75) is 18.9 Å². The summed E-state index contributed by atoms with van der Waals surface area (Å²) in [5.74, 6) is -0.975. The van der Waals surface area contributed by atoms with Crippen LogP contribution in [0.1, 0.15) is 27.6 Å². The highest BCUT2D eigenvalue weighted by molar-refractivity contribution is 6.37. The molecular formula is C17H18O4Si. The van der Waals surface area contributed by atoms with Crippen LogP contribution < -0.4 is 0 Å². The molecule has 5 heteroatoms. The fourth-order valence-electron chi connectivity index (χ4n) is 1.82. The van der Waals surface area contributed by atoms with E-state index in [0.717, 1.165) is 0 Å². The minimum Gasteiger partial charge on any atom is -0.425 e. The van der Waals surface area contributed by atoms with Crippen molar-refractivity contribution < 1.29 is 19.1 Å². The maximum Gasteiger partial charge on any atom is 0.341 e. The van der Waals surface area contributed by atoms with Crippen molar-refractivity contribution in [2.24, 2.45) is 0 Å². The molecule has 0 aliphatic heterocycles. The van der Waals surface area contributed by atoms with Gasteiger partial charge in [0.15, 0.2) is 0 Å². The summed E-state index contributed by atoms with van der Waals surface area (Å²) in [6, 6.07) is 17.3. The zero-order valence-corrected chi connectivity index (χ0v) is 14.0. The molecule has 0 fully saturated rings. The summed E-state index contributed by atoms with van der Waals surface area (Å²) >= 11 is 0. The molecule has 0 spiro atoms. The van der Waals surface area contributed by atoms with Gasteiger partial charge in [0.1, 0.15) is 9.52 Å². The quantitative estimate of drug-likeness (QED) is 0.483. The van der Waals surface area contributed by atoms with Crippen molar-refractivity contribution in [2.75, 3.05) is 0 Å². The molecule has 114 valence electrons. The molecule has 0 radical (unpaired) electrons. The minimum atomic E-state index is -1.17. The Morgan fingerprint density at radius 3 is 1.50 bits per heavy atom. The lowest BCUT2D eigenvalue weighted by atomic mass is 10.2. The van der Waals surface area contributed by atoms with E-state index in [1.54, 1.807) is 55.5 Å². The van der Waals surface area contributed by atoms with E-state index in [1.807, 2.05) is 18.7 Å². The van der Waals surface area contributed by atoms with Crippen molar-refractivity contribution in [1.82, 2.24) is 0 Å². The molecule has 0 heterocycles. The van der Waals surface area contributed by atoms with Gasteiger partial charge in [0.05, 0.1) is 11.1 Å². The van der Waals surface area contributed by atoms with Gasteiger partial charge in [-0.15, -0.1) is 0 Å². The second kappa shape index (κ2) is 7.04. The lowest BCUT2D eigenvalue weighted by Gasteiger charge is -2.28. The van der Waals surface area contributed by atoms with Gasteiger partial charge in [0, 0.05) is 6.92 Å². The smallest absolute Gasteiger partial charge is 0.341 e. The highest BCUT2D eigenvalue weighted by atomic mass is 28.2. The maximum atomic E-state index is 12.1. The Hall–Kier alpha value is -2.40. The molecule has 2 aromatic rings. The lowest BCUT2D eigenvalue weighted by Crippen LogP contribution is -2.41. The average Bonchev–Trinajstić information content (AvgIpc) is 2.56. The van der Waals surface area contributed by atoms with Crippen LogP contribution in [0.5, 0.6) is 0 Å². The lowest BCUT2D eigenvalue weighted by molar-refractivity contribution is -0.101. The molecule has 22 heavy (non-hydrogen) atoms. The number of hydrogen-bond acceptors (Lipinski definition) is 4. The van der Waals surface area contributed by atoms with E-state index in [2.05, 4.69) is 0 Å². The zero-order valence-electron chi connectivity index (χ0n) is 12.6. The van der Waals surface area contributed by atoms with Crippen molar-refractivity contribution in [3.63, 3.8) is 0 Å². The monoisotopic (exact) mass is 314 g/mol. The summed E-state index contributed by atoms with van der Waals surface area (Å²) in [5.41, 5.74) is -0.293. The molecule has 0 saturated heterocycles. The van der Waals surface area contributed by atoms with Gasteiger partial charge in [-0.2, -0.15) is 0 Å². The molecule has 0 aliphatic rings. The van der Waals surface area contributed by atoms with Crippen LogP contribution in [0.4, 0.5) is 0 Å². The normalized spacial score (nSPS) is 11.4. The molecule has 0 N–H and O–H groups in total. The predicted octanol–water partition coefficient (Wildman–Crippen LogP) is 2.59. The number of benzene rings is 2. The first kappa shape index (κ1) is 16.0. The van der Waals surface area contributed by atoms with Gasteiger partial charge in [0.25, 0.3) is 0 Å². The van der Waals surface area contributed by atoms with E-state index in [0.29, 0.717) is 11.1 Å². The van der Waals surface area contributed by atoms with Gasteiger partial charge >= 0.3 is 11.9 Å². The van der Waals surface area contributed by atoms with E-state index >= 15 is 0 Å². The van der Waals surface area contributed by atoms with E-state index < -0.39 is 26.9 Å². The zero-order chi connectivity index (χ0) is 16.0. The summed E-state index contributed by atoms with van der Waals surface area (Å²) in [6.07, 6.45) is 0. The number of ether oxygens (including phenoxy) is 2. The topological polar surface area (TPSA) is 52.6 Å². The minimum absolute atomic E-state index is 0.437. The maximum absolute atomic E-state index is 12.1. The fourth-order valence-corrected chi connectivity index (χ4v) is 2.37. The largest absolute Gasteiger partial charge is 0.425 e. The number of carbonyl (C=O) groups excluding carboxylic acids is 2. The van der Waals surface area contributed by atoms with Gasteiger partial charge in [-0.25, -0.2) is 9.59 Å². The van der Waals surface area contributed by atoms with Crippen molar-refractivity contribution in [1.29, 1.82) is 0 Å². The van der Waals surface area contributed by atoms with Gasteiger partial charge in [-0.1, -0.05) is 42.9 Å². The molecule has 2 rings (SSSR count). The first-order valence-electron chi connectivity index (χ1n) is 7.11. The molecule has 0 aromatic heterocycles. The van der Waals surface area contributed by atoms with Gasteiger partial charge < -0.3 is 9.47 Å². The van der Waals surface area contributed by atoms with E-state index in [9.17, 15) is 9.59 Å². The van der Waals surface area contributed by atoms with Crippen LogP contribution in [-0.4, -0.2) is 26.9 Å². The highest BCUT2D eigenvalue weighted by Gasteiger charge is 2.32. The molecule has 0 saturated carbocycles. The summed E-state index contributed by atoms with van der Waals surface area (Å²) < 4.78 is 10.9. The SMILES string of the molecule is C[SiH2]C(C)(OC(=O)c1ccccc1)OC(=O)c1ccccc1. The summed E-state index contributed by atoms with van der Waals surface area (Å²) in [7, 11) is -0.950. The molecule has 0 unspecified atom stereocenters. The highest BCUT2D eigenvalue weighted by Crippen LogP contribution is 2.17. The van der Waals surface area contributed by atoms with Crippen LogP contribution in [0.2, 0.25) is 6.55 Å². The van der Waals surface area contributed by atoms with Crippen LogP contribution in [0.15, 0.2) is 60.7 Å². The molecule has 0 amide bonds. The Balaban J connectivity index is 2.09. The first-order chi connectivity index (χ1) is 10.5. The summed E-state index contributed by atoms with van der Waals surface area (Å²) in [5, 5.41) is 0. The molecular weight excluding hydrogens is 296 g/mol. The first-order valence-corrected chi connectivity index (χ1v) is 9.23. The number of carbonyl (C=O) groups is 2. The molecule has 0 bridgehead atoms. The summed E-state index contributed by atoms with van der Waals surface area (Å²) in [6.45, 7) is 3.57. The van der Waals surface area contributed by atoms with Gasteiger partial charge in [0.2, 0.25) is 5.41 Å². The molecule has 4 nitrogen and oxygen atoms in total. The predicted molar refractivity (Wildman–Crippen MR) is 86.5 cm³/mol. The van der Waals surface area contributed by atoms with Crippen LogP contribution in [0, 0.1) is 0 Å². The fraction of sp³-hybridized carbons (Fsp3) is 0.176. The Labute approximate surface area is 131 Å². The third kappa shape index (κ3) is 4.05.